The first-order valence-corrected chi connectivity index (χ1v) is 5.12. The predicted molar refractivity (Wildman–Crippen MR) is 53.8 cm³/mol. The standard InChI is InChI=1S/C10H16O7/c1-5-15-10(2)16-6(8(11)13-3)7(17-10)9(12)14-4/h6-7H,5H2,1-4H3/t6-,7-/m1/s1. The van der Waals surface area contributed by atoms with Crippen LogP contribution in [0.25, 0.3) is 0 Å². The van der Waals surface area contributed by atoms with Crippen LogP contribution in [0.4, 0.5) is 0 Å². The molecule has 1 rings (SSSR count). The smallest absolute Gasteiger partial charge is 0.338 e. The molecule has 2 atom stereocenters. The zero-order chi connectivity index (χ0) is 13.1. The third-order valence-corrected chi connectivity index (χ3v) is 2.23. The minimum Gasteiger partial charge on any atom is -0.467 e. The first kappa shape index (κ1) is 13.9. The molecule has 1 saturated heterocycles. The Balaban J connectivity index is 2.86. The number of esters is 2. The maximum absolute atomic E-state index is 11.4. The second kappa shape index (κ2) is 5.44. The summed E-state index contributed by atoms with van der Waals surface area (Å²) in [5.41, 5.74) is 0. The van der Waals surface area contributed by atoms with Crippen LogP contribution in [-0.4, -0.2) is 50.9 Å². The van der Waals surface area contributed by atoms with Crippen LogP contribution in [0.5, 0.6) is 0 Å². The highest BCUT2D eigenvalue weighted by atomic mass is 16.9. The van der Waals surface area contributed by atoms with E-state index >= 15 is 0 Å². The number of rotatable bonds is 4. The highest BCUT2D eigenvalue weighted by Gasteiger charge is 2.53. The van der Waals surface area contributed by atoms with Crippen molar-refractivity contribution in [1.29, 1.82) is 0 Å². The van der Waals surface area contributed by atoms with Gasteiger partial charge in [0.25, 0.3) is 5.97 Å². The van der Waals surface area contributed by atoms with Crippen LogP contribution in [-0.2, 0) is 33.3 Å². The van der Waals surface area contributed by atoms with E-state index < -0.39 is 30.1 Å². The molecule has 0 amide bonds. The average molecular weight is 248 g/mol. The van der Waals surface area contributed by atoms with E-state index in [2.05, 4.69) is 9.47 Å². The van der Waals surface area contributed by atoms with Gasteiger partial charge in [0.15, 0.2) is 12.2 Å². The molecule has 0 aromatic rings. The van der Waals surface area contributed by atoms with Gasteiger partial charge in [-0.2, -0.15) is 0 Å². The van der Waals surface area contributed by atoms with E-state index in [-0.39, 0.29) is 0 Å². The molecule has 17 heavy (non-hydrogen) atoms. The number of ether oxygens (including phenoxy) is 5. The van der Waals surface area contributed by atoms with Crippen LogP contribution in [0.1, 0.15) is 13.8 Å². The molecule has 0 bridgehead atoms. The van der Waals surface area contributed by atoms with E-state index in [0.29, 0.717) is 6.61 Å². The molecular formula is C10H16O7. The van der Waals surface area contributed by atoms with Gasteiger partial charge in [0.05, 0.1) is 14.2 Å². The Kier molecular flexibility index (Phi) is 4.44. The van der Waals surface area contributed by atoms with E-state index in [1.807, 2.05) is 0 Å². The molecule has 1 aliphatic rings. The molecule has 1 aliphatic heterocycles. The van der Waals surface area contributed by atoms with E-state index in [9.17, 15) is 9.59 Å². The quantitative estimate of drug-likeness (QED) is 0.639. The lowest BCUT2D eigenvalue weighted by atomic mass is 10.2. The lowest BCUT2D eigenvalue weighted by Gasteiger charge is -2.21. The summed E-state index contributed by atoms with van der Waals surface area (Å²) in [4.78, 5) is 22.9. The van der Waals surface area contributed by atoms with Gasteiger partial charge in [-0.3, -0.25) is 0 Å². The summed E-state index contributed by atoms with van der Waals surface area (Å²) in [6.45, 7) is 3.50. The van der Waals surface area contributed by atoms with Crippen molar-refractivity contribution in [2.24, 2.45) is 0 Å². The third-order valence-electron chi connectivity index (χ3n) is 2.23. The Morgan fingerprint density at radius 3 is 1.82 bits per heavy atom. The lowest BCUT2D eigenvalue weighted by Crippen LogP contribution is -2.38. The van der Waals surface area contributed by atoms with Crippen molar-refractivity contribution in [3.05, 3.63) is 0 Å². The number of hydrogen-bond donors (Lipinski definition) is 0. The SMILES string of the molecule is CCOC1(C)O[C@@H](C(=O)OC)[C@H](C(=O)OC)O1. The van der Waals surface area contributed by atoms with Crippen molar-refractivity contribution in [3.63, 3.8) is 0 Å². The molecule has 0 spiro atoms. The summed E-state index contributed by atoms with van der Waals surface area (Å²) in [7, 11) is 2.38. The van der Waals surface area contributed by atoms with Crippen molar-refractivity contribution >= 4 is 11.9 Å². The van der Waals surface area contributed by atoms with E-state index in [1.54, 1.807) is 6.92 Å². The summed E-state index contributed by atoms with van der Waals surface area (Å²) >= 11 is 0. The summed E-state index contributed by atoms with van der Waals surface area (Å²) in [5.74, 6) is -2.89. The zero-order valence-corrected chi connectivity index (χ0v) is 10.2. The minimum atomic E-state index is -1.45. The Bertz CT molecular complexity index is 277. The van der Waals surface area contributed by atoms with Gasteiger partial charge in [0.1, 0.15) is 0 Å². The molecule has 0 radical (unpaired) electrons. The monoisotopic (exact) mass is 248 g/mol. The molecular weight excluding hydrogens is 232 g/mol. The fourth-order valence-corrected chi connectivity index (χ4v) is 1.52. The third kappa shape index (κ3) is 2.93. The first-order valence-electron chi connectivity index (χ1n) is 5.12. The molecule has 0 saturated carbocycles. The maximum Gasteiger partial charge on any atom is 0.338 e. The van der Waals surface area contributed by atoms with E-state index in [0.717, 1.165) is 0 Å². The summed E-state index contributed by atoms with van der Waals surface area (Å²) < 4.78 is 24.7. The van der Waals surface area contributed by atoms with Crippen molar-refractivity contribution < 1.29 is 33.3 Å². The maximum atomic E-state index is 11.4. The highest BCUT2D eigenvalue weighted by molar-refractivity contribution is 5.86. The van der Waals surface area contributed by atoms with Crippen molar-refractivity contribution in [3.8, 4) is 0 Å². The minimum absolute atomic E-state index is 0.304. The largest absolute Gasteiger partial charge is 0.467 e. The summed E-state index contributed by atoms with van der Waals surface area (Å²) in [6.07, 6.45) is -2.38. The molecule has 0 aromatic heterocycles. The van der Waals surface area contributed by atoms with Crippen molar-refractivity contribution in [1.82, 2.24) is 0 Å². The molecule has 0 aromatic carbocycles. The fraction of sp³-hybridized carbons (Fsp3) is 0.800. The molecule has 7 nitrogen and oxygen atoms in total. The number of carbonyl (C=O) groups excluding carboxylic acids is 2. The highest BCUT2D eigenvalue weighted by Crippen LogP contribution is 2.31. The Morgan fingerprint density at radius 1 is 1.12 bits per heavy atom. The normalized spacial score (nSPS) is 26.6. The van der Waals surface area contributed by atoms with Gasteiger partial charge >= 0.3 is 11.9 Å². The Labute approximate surface area is 98.9 Å². The van der Waals surface area contributed by atoms with Gasteiger partial charge in [-0.05, 0) is 6.92 Å². The average Bonchev–Trinajstić information content (AvgIpc) is 2.65. The van der Waals surface area contributed by atoms with E-state index in [1.165, 1.54) is 21.1 Å². The van der Waals surface area contributed by atoms with Gasteiger partial charge in [0, 0.05) is 13.5 Å². The van der Waals surface area contributed by atoms with Crippen LogP contribution in [0.2, 0.25) is 0 Å². The molecule has 0 N–H and O–H groups in total. The molecule has 98 valence electrons. The van der Waals surface area contributed by atoms with Gasteiger partial charge in [0.2, 0.25) is 0 Å². The van der Waals surface area contributed by atoms with Crippen LogP contribution < -0.4 is 0 Å². The van der Waals surface area contributed by atoms with Gasteiger partial charge < -0.3 is 23.7 Å². The Hall–Kier alpha value is -1.18. The van der Waals surface area contributed by atoms with Crippen molar-refractivity contribution in [2.45, 2.75) is 32.0 Å². The van der Waals surface area contributed by atoms with Crippen LogP contribution in [0.3, 0.4) is 0 Å². The van der Waals surface area contributed by atoms with Gasteiger partial charge in [-0.25, -0.2) is 9.59 Å². The summed E-state index contributed by atoms with van der Waals surface area (Å²) in [6, 6.07) is 0. The molecule has 7 heteroatoms. The van der Waals surface area contributed by atoms with Crippen LogP contribution >= 0.6 is 0 Å². The Morgan fingerprint density at radius 2 is 1.53 bits per heavy atom. The topological polar surface area (TPSA) is 80.3 Å². The predicted octanol–water partition coefficient (Wildman–Crippen LogP) is -0.173. The summed E-state index contributed by atoms with van der Waals surface area (Å²) in [5, 5.41) is 0. The second-order valence-corrected chi connectivity index (χ2v) is 3.42. The molecule has 1 fully saturated rings. The molecule has 0 unspecified atom stereocenters. The second-order valence-electron chi connectivity index (χ2n) is 3.42. The fourth-order valence-electron chi connectivity index (χ4n) is 1.52. The number of hydrogen-bond acceptors (Lipinski definition) is 7. The number of methoxy groups -OCH3 is 2. The zero-order valence-electron chi connectivity index (χ0n) is 10.2. The first-order chi connectivity index (χ1) is 7.97. The van der Waals surface area contributed by atoms with Gasteiger partial charge in [-0.15, -0.1) is 0 Å². The van der Waals surface area contributed by atoms with Crippen LogP contribution in [0.15, 0.2) is 0 Å². The number of carbonyl (C=O) groups is 2. The van der Waals surface area contributed by atoms with Crippen molar-refractivity contribution in [2.75, 3.05) is 20.8 Å². The molecule has 1 heterocycles. The lowest BCUT2D eigenvalue weighted by molar-refractivity contribution is -0.326. The van der Waals surface area contributed by atoms with E-state index in [4.69, 9.17) is 14.2 Å². The van der Waals surface area contributed by atoms with Crippen LogP contribution in [0, 0.1) is 0 Å². The molecule has 0 aliphatic carbocycles. The van der Waals surface area contributed by atoms with Gasteiger partial charge in [-0.1, -0.05) is 0 Å².